The second-order valence-electron chi connectivity index (χ2n) is 5.55. The fourth-order valence-corrected chi connectivity index (χ4v) is 3.73. The topological polar surface area (TPSA) is 16.6 Å². The van der Waals surface area contributed by atoms with Gasteiger partial charge in [0.25, 0.3) is 0 Å². The van der Waals surface area contributed by atoms with Crippen LogP contribution in [0.4, 0.5) is 0 Å². The van der Waals surface area contributed by atoms with Crippen LogP contribution in [0, 0.1) is 11.8 Å². The van der Waals surface area contributed by atoms with Crippen molar-refractivity contribution in [3.63, 3.8) is 0 Å². The Morgan fingerprint density at radius 2 is 2.00 bits per heavy atom. The van der Waals surface area contributed by atoms with Crippen LogP contribution in [-0.4, -0.2) is 12.1 Å². The molecule has 0 aromatic rings. The minimum Gasteiger partial charge on any atom is -0.341 e. The monoisotopic (exact) mass is 196 g/mol. The van der Waals surface area contributed by atoms with Gasteiger partial charge in [-0.05, 0) is 44.4 Å². The van der Waals surface area contributed by atoms with Crippen molar-refractivity contribution in [3.8, 4) is 0 Å². The van der Waals surface area contributed by atoms with Crippen molar-refractivity contribution in [1.82, 2.24) is 0 Å². The van der Waals surface area contributed by atoms with E-state index in [1.807, 2.05) is 0 Å². The molecular weight excluding hydrogens is 170 g/mol. The van der Waals surface area contributed by atoms with E-state index in [9.17, 15) is 0 Å². The zero-order chi connectivity index (χ0) is 9.97. The Kier molecular flexibility index (Phi) is 3.48. The van der Waals surface area contributed by atoms with Gasteiger partial charge in [-0.15, -0.1) is 0 Å². The van der Waals surface area contributed by atoms with Crippen molar-refractivity contribution in [2.75, 3.05) is 0 Å². The molecule has 82 valence electrons. The van der Waals surface area contributed by atoms with Crippen molar-refractivity contribution in [1.29, 1.82) is 0 Å². The van der Waals surface area contributed by atoms with Crippen molar-refractivity contribution >= 4 is 0 Å². The summed E-state index contributed by atoms with van der Waals surface area (Å²) in [5, 5.41) is 2.73. The molecule has 0 amide bonds. The lowest BCUT2D eigenvalue weighted by atomic mass is 9.71. The Balaban J connectivity index is 1.89. The summed E-state index contributed by atoms with van der Waals surface area (Å²) in [6.45, 7) is 4.80. The Labute approximate surface area is 88.7 Å². The molecule has 1 saturated carbocycles. The first-order valence-corrected chi connectivity index (χ1v) is 6.66. The third-order valence-corrected chi connectivity index (χ3v) is 4.53. The van der Waals surface area contributed by atoms with E-state index in [4.69, 9.17) is 0 Å². The quantitative estimate of drug-likeness (QED) is 0.698. The number of piperidine rings is 1. The SMILES string of the molecule is CCC[C@H]1CC[C@@H]2[C@H](C)CCC[C@H]2[NH2+]1. The highest BCUT2D eigenvalue weighted by atomic mass is 15.0. The molecule has 1 heterocycles. The van der Waals surface area contributed by atoms with Gasteiger partial charge in [0.1, 0.15) is 0 Å². The summed E-state index contributed by atoms with van der Waals surface area (Å²) >= 11 is 0. The first-order chi connectivity index (χ1) is 6.81. The predicted octanol–water partition coefficient (Wildman–Crippen LogP) is 2.32. The average Bonchev–Trinajstić information content (AvgIpc) is 2.18. The summed E-state index contributed by atoms with van der Waals surface area (Å²) in [4.78, 5) is 0. The molecular formula is C13H26N+. The predicted molar refractivity (Wildman–Crippen MR) is 60.1 cm³/mol. The standard InChI is InChI=1S/C13H25N/c1-3-5-11-8-9-12-10(2)6-4-7-13(12)14-11/h10-14H,3-9H2,1-2H3/p+1/t10-,11+,12-,13-/m1/s1. The van der Waals surface area contributed by atoms with Crippen LogP contribution in [0.3, 0.4) is 0 Å². The van der Waals surface area contributed by atoms with Crippen LogP contribution >= 0.6 is 0 Å². The lowest BCUT2D eigenvalue weighted by Gasteiger charge is -2.40. The molecule has 1 nitrogen and oxygen atoms in total. The van der Waals surface area contributed by atoms with Crippen LogP contribution in [0.5, 0.6) is 0 Å². The largest absolute Gasteiger partial charge is 0.341 e. The molecule has 2 rings (SSSR count). The zero-order valence-corrected chi connectivity index (χ0v) is 9.84. The molecule has 1 aliphatic heterocycles. The molecule has 2 aliphatic rings. The van der Waals surface area contributed by atoms with E-state index in [1.54, 1.807) is 0 Å². The minimum atomic E-state index is 0.964. The summed E-state index contributed by atoms with van der Waals surface area (Å²) < 4.78 is 0. The summed E-state index contributed by atoms with van der Waals surface area (Å²) in [6.07, 6.45) is 10.3. The summed E-state index contributed by atoms with van der Waals surface area (Å²) in [5.41, 5.74) is 0. The number of hydrogen-bond donors (Lipinski definition) is 1. The first kappa shape index (κ1) is 10.5. The number of quaternary nitrogens is 1. The molecule has 0 aromatic heterocycles. The molecule has 1 aliphatic carbocycles. The van der Waals surface area contributed by atoms with Gasteiger partial charge in [-0.1, -0.05) is 20.3 Å². The van der Waals surface area contributed by atoms with Gasteiger partial charge in [-0.2, -0.15) is 0 Å². The molecule has 1 saturated heterocycles. The summed E-state index contributed by atoms with van der Waals surface area (Å²) in [5.74, 6) is 2.06. The van der Waals surface area contributed by atoms with Gasteiger partial charge >= 0.3 is 0 Å². The van der Waals surface area contributed by atoms with Crippen LogP contribution < -0.4 is 5.32 Å². The van der Waals surface area contributed by atoms with Gasteiger partial charge in [0.15, 0.2) is 0 Å². The fraction of sp³-hybridized carbons (Fsp3) is 1.00. The van der Waals surface area contributed by atoms with Crippen molar-refractivity contribution in [2.24, 2.45) is 11.8 Å². The lowest BCUT2D eigenvalue weighted by Crippen LogP contribution is -2.98. The van der Waals surface area contributed by atoms with Crippen molar-refractivity contribution in [2.45, 2.75) is 70.9 Å². The van der Waals surface area contributed by atoms with Gasteiger partial charge in [-0.3, -0.25) is 0 Å². The Bertz CT molecular complexity index is 178. The van der Waals surface area contributed by atoms with Crippen molar-refractivity contribution in [3.05, 3.63) is 0 Å². The van der Waals surface area contributed by atoms with Gasteiger partial charge in [-0.25, -0.2) is 0 Å². The maximum absolute atomic E-state index is 2.73. The Morgan fingerprint density at radius 3 is 2.79 bits per heavy atom. The highest BCUT2D eigenvalue weighted by molar-refractivity contribution is 4.82. The van der Waals surface area contributed by atoms with Crippen LogP contribution in [0.2, 0.25) is 0 Å². The number of nitrogens with two attached hydrogens (primary N) is 1. The van der Waals surface area contributed by atoms with Gasteiger partial charge < -0.3 is 5.32 Å². The third kappa shape index (κ3) is 2.13. The van der Waals surface area contributed by atoms with E-state index in [0.717, 1.165) is 23.9 Å². The van der Waals surface area contributed by atoms with Crippen LogP contribution in [0.15, 0.2) is 0 Å². The Morgan fingerprint density at radius 1 is 1.14 bits per heavy atom. The van der Waals surface area contributed by atoms with E-state index in [1.165, 1.54) is 44.9 Å². The summed E-state index contributed by atoms with van der Waals surface area (Å²) in [7, 11) is 0. The molecule has 0 aromatic carbocycles. The average molecular weight is 196 g/mol. The molecule has 0 bridgehead atoms. The van der Waals surface area contributed by atoms with Crippen LogP contribution in [0.25, 0.3) is 0 Å². The second-order valence-corrected chi connectivity index (χ2v) is 5.55. The second kappa shape index (κ2) is 4.65. The van der Waals surface area contributed by atoms with Gasteiger partial charge in [0, 0.05) is 5.92 Å². The Hall–Kier alpha value is -0.0400. The molecule has 4 atom stereocenters. The minimum absolute atomic E-state index is 0.964. The normalized spacial score (nSPS) is 43.3. The maximum Gasteiger partial charge on any atom is 0.0892 e. The molecule has 0 radical (unpaired) electrons. The van der Waals surface area contributed by atoms with Gasteiger partial charge in [0.2, 0.25) is 0 Å². The number of fused-ring (bicyclic) bond motifs is 1. The van der Waals surface area contributed by atoms with Crippen LogP contribution in [-0.2, 0) is 0 Å². The smallest absolute Gasteiger partial charge is 0.0892 e. The fourth-order valence-electron chi connectivity index (χ4n) is 3.73. The number of hydrogen-bond acceptors (Lipinski definition) is 0. The van der Waals surface area contributed by atoms with Gasteiger partial charge in [0.05, 0.1) is 12.1 Å². The van der Waals surface area contributed by atoms with E-state index in [2.05, 4.69) is 19.2 Å². The van der Waals surface area contributed by atoms with Crippen LogP contribution in [0.1, 0.15) is 58.8 Å². The van der Waals surface area contributed by atoms with E-state index >= 15 is 0 Å². The molecule has 1 heteroatoms. The molecule has 0 spiro atoms. The molecule has 2 N–H and O–H groups in total. The third-order valence-electron chi connectivity index (χ3n) is 4.53. The van der Waals surface area contributed by atoms with E-state index in [-0.39, 0.29) is 0 Å². The maximum atomic E-state index is 2.73. The molecule has 0 unspecified atom stereocenters. The zero-order valence-electron chi connectivity index (χ0n) is 9.84. The molecule has 2 fully saturated rings. The molecule has 14 heavy (non-hydrogen) atoms. The summed E-state index contributed by atoms with van der Waals surface area (Å²) in [6, 6.07) is 1.95. The number of rotatable bonds is 2. The van der Waals surface area contributed by atoms with Crippen molar-refractivity contribution < 1.29 is 5.32 Å². The van der Waals surface area contributed by atoms with E-state index < -0.39 is 0 Å². The van der Waals surface area contributed by atoms with E-state index in [0.29, 0.717) is 0 Å². The lowest BCUT2D eigenvalue weighted by molar-refractivity contribution is -0.740. The first-order valence-electron chi connectivity index (χ1n) is 6.66. The highest BCUT2D eigenvalue weighted by Gasteiger charge is 2.38. The highest BCUT2D eigenvalue weighted by Crippen LogP contribution is 2.34.